The summed E-state index contributed by atoms with van der Waals surface area (Å²) >= 11 is 0. The highest BCUT2D eigenvalue weighted by Gasteiger charge is 2.22. The van der Waals surface area contributed by atoms with Gasteiger partial charge in [0.1, 0.15) is 0 Å². The molecule has 0 spiro atoms. The van der Waals surface area contributed by atoms with Crippen LogP contribution in [0.2, 0.25) is 0 Å². The fourth-order valence-electron chi connectivity index (χ4n) is 2.62. The van der Waals surface area contributed by atoms with Crippen molar-refractivity contribution >= 4 is 11.9 Å². The minimum absolute atomic E-state index is 0.00416. The topological polar surface area (TPSA) is 44.6 Å². The molecule has 0 aliphatic heterocycles. The summed E-state index contributed by atoms with van der Waals surface area (Å²) in [5.74, 6) is 0. The molecule has 0 unspecified atom stereocenters. The van der Waals surface area contributed by atoms with Crippen LogP contribution in [0.1, 0.15) is 52.4 Å². The van der Waals surface area contributed by atoms with Gasteiger partial charge in [-0.15, -0.1) is 5.16 Å². The van der Waals surface area contributed by atoms with Crippen molar-refractivity contribution in [2.24, 2.45) is 10.6 Å². The third-order valence-electron chi connectivity index (χ3n) is 4.51. The number of hydrogen-bond acceptors (Lipinski definition) is 3. The van der Waals surface area contributed by atoms with E-state index in [9.17, 15) is 0 Å². The molecule has 0 fully saturated rings. The third-order valence-corrected chi connectivity index (χ3v) is 4.51. The number of unbranched alkanes of at least 4 members (excludes halogenated alkanes) is 1. The van der Waals surface area contributed by atoms with E-state index in [-0.39, 0.29) is 5.41 Å². The lowest BCUT2D eigenvalue weighted by Crippen LogP contribution is -2.19. The van der Waals surface area contributed by atoms with Crippen LogP contribution in [0, 0.1) is 5.41 Å². The largest absolute Gasteiger partial charge is 0.411 e. The Morgan fingerprint density at radius 1 is 0.958 bits per heavy atom. The first-order valence-corrected chi connectivity index (χ1v) is 9.04. The van der Waals surface area contributed by atoms with Gasteiger partial charge in [0.05, 0.1) is 6.21 Å². The second-order valence-electron chi connectivity index (χ2n) is 6.12. The predicted molar refractivity (Wildman–Crippen MR) is 105 cm³/mol. The van der Waals surface area contributed by atoms with Gasteiger partial charge in [0.2, 0.25) is 0 Å². The zero-order valence-electron chi connectivity index (χ0n) is 15.1. The van der Waals surface area contributed by atoms with Crippen LogP contribution >= 0.6 is 0 Å². The minimum atomic E-state index is 0.00416. The Bertz CT molecular complexity index is 502. The first-order chi connectivity index (χ1) is 11.8. The van der Waals surface area contributed by atoms with E-state index in [1.54, 1.807) is 6.21 Å². The Morgan fingerprint density at radius 3 is 2.21 bits per heavy atom. The molecule has 1 aromatic rings. The lowest BCUT2D eigenvalue weighted by atomic mass is 9.80. The monoisotopic (exact) mass is 328 g/mol. The van der Waals surface area contributed by atoms with Crippen molar-refractivity contribution < 1.29 is 5.21 Å². The van der Waals surface area contributed by atoms with Crippen molar-refractivity contribution in [1.29, 1.82) is 0 Å². The number of anilines is 1. The Morgan fingerprint density at radius 2 is 1.58 bits per heavy atom. The van der Waals surface area contributed by atoms with Crippen molar-refractivity contribution in [3.05, 3.63) is 54.6 Å². The number of para-hydroxylation sites is 1. The van der Waals surface area contributed by atoms with Crippen LogP contribution in [0.5, 0.6) is 0 Å². The van der Waals surface area contributed by atoms with Crippen molar-refractivity contribution in [2.75, 3.05) is 11.9 Å². The lowest BCUT2D eigenvalue weighted by Gasteiger charge is -2.24. The third kappa shape index (κ3) is 8.00. The maximum atomic E-state index is 8.81. The normalized spacial score (nSPS) is 12.6. The quantitative estimate of drug-likeness (QED) is 0.161. The van der Waals surface area contributed by atoms with E-state index >= 15 is 0 Å². The SMILES string of the molecule is CCC(C=NO)(CC)CC=CCCC=CCCNc1ccccc1. The van der Waals surface area contributed by atoms with Crippen molar-refractivity contribution in [2.45, 2.75) is 52.4 Å². The van der Waals surface area contributed by atoms with Gasteiger partial charge in [-0.05, 0) is 50.7 Å². The summed E-state index contributed by atoms with van der Waals surface area (Å²) in [5, 5.41) is 15.5. The molecule has 0 atom stereocenters. The summed E-state index contributed by atoms with van der Waals surface area (Å²) in [6, 6.07) is 10.3. The van der Waals surface area contributed by atoms with Gasteiger partial charge in [0.25, 0.3) is 0 Å². The number of benzene rings is 1. The Labute approximate surface area is 147 Å². The van der Waals surface area contributed by atoms with E-state index < -0.39 is 0 Å². The van der Waals surface area contributed by atoms with Gasteiger partial charge in [-0.3, -0.25) is 0 Å². The Balaban J connectivity index is 2.14. The average Bonchev–Trinajstić information content (AvgIpc) is 2.63. The number of oxime groups is 1. The first kappa shape index (κ1) is 20.0. The minimum Gasteiger partial charge on any atom is -0.411 e. The number of hydrogen-bond donors (Lipinski definition) is 2. The van der Waals surface area contributed by atoms with E-state index in [1.165, 1.54) is 5.69 Å². The lowest BCUT2D eigenvalue weighted by molar-refractivity contribution is 0.304. The number of nitrogens with zero attached hydrogens (tertiary/aromatic N) is 1. The van der Waals surface area contributed by atoms with Gasteiger partial charge in [0, 0.05) is 17.6 Å². The zero-order chi connectivity index (χ0) is 17.5. The smallest absolute Gasteiger partial charge is 0.0500 e. The van der Waals surface area contributed by atoms with Crippen LogP contribution in [-0.4, -0.2) is 18.0 Å². The number of nitrogens with one attached hydrogen (secondary N) is 1. The van der Waals surface area contributed by atoms with Crippen LogP contribution in [0.15, 0.2) is 59.8 Å². The molecule has 0 heterocycles. The van der Waals surface area contributed by atoms with E-state index in [0.29, 0.717) is 0 Å². The van der Waals surface area contributed by atoms with Crippen LogP contribution in [0.3, 0.4) is 0 Å². The number of allylic oxidation sites excluding steroid dienone is 3. The molecule has 2 N–H and O–H groups in total. The van der Waals surface area contributed by atoms with Crippen molar-refractivity contribution in [3.63, 3.8) is 0 Å². The fraction of sp³-hybridized carbons (Fsp3) is 0.476. The molecule has 3 nitrogen and oxygen atoms in total. The molecule has 1 aromatic carbocycles. The first-order valence-electron chi connectivity index (χ1n) is 9.04. The highest BCUT2D eigenvalue weighted by molar-refractivity contribution is 5.65. The molecular weight excluding hydrogens is 296 g/mol. The van der Waals surface area contributed by atoms with Gasteiger partial charge in [-0.1, -0.05) is 56.4 Å². The molecule has 0 saturated heterocycles. The van der Waals surface area contributed by atoms with Gasteiger partial charge < -0.3 is 10.5 Å². The van der Waals surface area contributed by atoms with Gasteiger partial charge in [-0.25, -0.2) is 0 Å². The van der Waals surface area contributed by atoms with Crippen molar-refractivity contribution in [3.8, 4) is 0 Å². The molecule has 0 aliphatic carbocycles. The van der Waals surface area contributed by atoms with Crippen LogP contribution in [0.4, 0.5) is 5.69 Å². The van der Waals surface area contributed by atoms with Crippen LogP contribution in [0.25, 0.3) is 0 Å². The van der Waals surface area contributed by atoms with E-state index in [4.69, 9.17) is 5.21 Å². The van der Waals surface area contributed by atoms with E-state index in [1.807, 2.05) is 18.2 Å². The summed E-state index contributed by atoms with van der Waals surface area (Å²) in [7, 11) is 0. The summed E-state index contributed by atoms with van der Waals surface area (Å²) < 4.78 is 0. The molecule has 132 valence electrons. The average molecular weight is 328 g/mol. The molecule has 3 heteroatoms. The second kappa shape index (κ2) is 12.4. The zero-order valence-corrected chi connectivity index (χ0v) is 15.1. The highest BCUT2D eigenvalue weighted by Crippen LogP contribution is 2.28. The van der Waals surface area contributed by atoms with Crippen LogP contribution in [-0.2, 0) is 0 Å². The fourth-order valence-corrected chi connectivity index (χ4v) is 2.62. The van der Waals surface area contributed by atoms with Crippen molar-refractivity contribution in [1.82, 2.24) is 0 Å². The predicted octanol–water partition coefficient (Wildman–Crippen LogP) is 6.04. The standard InChI is InChI=1S/C21H32N2O/c1-3-21(4-2,19-23-24)17-13-8-6-5-7-9-14-18-22-20-15-11-10-12-16-20/h7-13,15-16,19,22,24H,3-6,14,17-18H2,1-2H3. The second-order valence-corrected chi connectivity index (χ2v) is 6.12. The van der Waals surface area contributed by atoms with E-state index in [2.05, 4.69) is 60.8 Å². The number of rotatable bonds is 12. The summed E-state index contributed by atoms with van der Waals surface area (Å²) in [6.45, 7) is 5.25. The Hall–Kier alpha value is -2.03. The maximum Gasteiger partial charge on any atom is 0.0500 e. The summed E-state index contributed by atoms with van der Waals surface area (Å²) in [4.78, 5) is 0. The molecule has 24 heavy (non-hydrogen) atoms. The molecule has 1 rings (SSSR count). The maximum absolute atomic E-state index is 8.81. The van der Waals surface area contributed by atoms with Gasteiger partial charge >= 0.3 is 0 Å². The molecule has 0 radical (unpaired) electrons. The van der Waals surface area contributed by atoms with E-state index in [0.717, 1.165) is 45.1 Å². The summed E-state index contributed by atoms with van der Waals surface area (Å²) in [6.07, 6.45) is 16.7. The molecular formula is C21H32N2O. The molecule has 0 saturated carbocycles. The Kier molecular flexibility index (Phi) is 10.3. The highest BCUT2D eigenvalue weighted by atomic mass is 16.4. The van der Waals surface area contributed by atoms with Crippen LogP contribution < -0.4 is 5.32 Å². The molecule has 0 amide bonds. The molecule has 0 bridgehead atoms. The molecule has 0 aromatic heterocycles. The van der Waals surface area contributed by atoms with Gasteiger partial charge in [-0.2, -0.15) is 0 Å². The summed E-state index contributed by atoms with van der Waals surface area (Å²) in [5.41, 5.74) is 1.18. The van der Waals surface area contributed by atoms with Gasteiger partial charge in [0.15, 0.2) is 0 Å². The molecule has 0 aliphatic rings.